The van der Waals surface area contributed by atoms with E-state index in [4.69, 9.17) is 12.2 Å². The van der Waals surface area contributed by atoms with Crippen LogP contribution in [0.3, 0.4) is 0 Å². The number of carboxylic acids is 2. The highest BCUT2D eigenvalue weighted by Crippen LogP contribution is 2.36. The Kier molecular flexibility index (Phi) is 5.06. The van der Waals surface area contributed by atoms with Crippen LogP contribution < -0.4 is 4.90 Å². The smallest absolute Gasteiger partial charge is 0.335 e. The number of rotatable bonds is 4. The molecule has 1 aliphatic heterocycles. The van der Waals surface area contributed by atoms with E-state index in [0.29, 0.717) is 5.56 Å². The predicted molar refractivity (Wildman–Crippen MR) is 102 cm³/mol. The van der Waals surface area contributed by atoms with Gasteiger partial charge in [-0.1, -0.05) is 36.1 Å². The van der Waals surface area contributed by atoms with Crippen LogP contribution in [0.1, 0.15) is 26.3 Å². The number of nitrogens with zero attached hydrogens (tertiary/aromatic N) is 1. The number of benzene rings is 2. The number of anilines is 1. The molecule has 0 saturated carbocycles. The summed E-state index contributed by atoms with van der Waals surface area (Å²) in [6.07, 6.45) is 1.53. The molecule has 0 bridgehead atoms. The van der Waals surface area contributed by atoms with Gasteiger partial charge in [0.2, 0.25) is 0 Å². The van der Waals surface area contributed by atoms with Crippen LogP contribution >= 0.6 is 24.0 Å². The fourth-order valence-electron chi connectivity index (χ4n) is 2.39. The highest BCUT2D eigenvalue weighted by Gasteiger charge is 2.34. The number of carbonyl (C=O) groups is 3. The van der Waals surface area contributed by atoms with Gasteiger partial charge in [-0.15, -0.1) is 0 Å². The van der Waals surface area contributed by atoms with Crippen LogP contribution in [-0.4, -0.2) is 32.4 Å². The zero-order valence-corrected chi connectivity index (χ0v) is 15.0. The monoisotopic (exact) mass is 403 g/mol. The minimum atomic E-state index is -1.33. The summed E-state index contributed by atoms with van der Waals surface area (Å²) in [7, 11) is 0. The van der Waals surface area contributed by atoms with Crippen molar-refractivity contribution in [3.05, 3.63) is 69.9 Å². The Labute approximate surface area is 161 Å². The van der Waals surface area contributed by atoms with Gasteiger partial charge in [-0.3, -0.25) is 9.69 Å². The third-order valence-electron chi connectivity index (χ3n) is 3.63. The van der Waals surface area contributed by atoms with Crippen molar-refractivity contribution in [3.63, 3.8) is 0 Å². The normalized spacial score (nSPS) is 15.4. The Morgan fingerprint density at radius 2 is 1.59 bits per heavy atom. The first-order chi connectivity index (χ1) is 12.8. The fraction of sp³-hybridized carbons (Fsp3) is 0. The molecule has 2 N–H and O–H groups in total. The number of thioether (sulfide) groups is 1. The van der Waals surface area contributed by atoms with Gasteiger partial charge in [0.15, 0.2) is 4.32 Å². The van der Waals surface area contributed by atoms with Crippen molar-refractivity contribution in [1.82, 2.24) is 0 Å². The van der Waals surface area contributed by atoms with Crippen molar-refractivity contribution in [2.45, 2.75) is 0 Å². The van der Waals surface area contributed by atoms with Crippen molar-refractivity contribution < 1.29 is 29.0 Å². The lowest BCUT2D eigenvalue weighted by Gasteiger charge is -2.16. The number of thiocarbonyl (C=S) groups is 1. The summed E-state index contributed by atoms with van der Waals surface area (Å²) in [5.74, 6) is -3.59. The van der Waals surface area contributed by atoms with E-state index in [1.54, 1.807) is 0 Å². The summed E-state index contributed by atoms with van der Waals surface area (Å²) in [5.41, 5.74) is 0.0858. The summed E-state index contributed by atoms with van der Waals surface area (Å²) in [6, 6.07) is 8.86. The van der Waals surface area contributed by atoms with Gasteiger partial charge in [0.1, 0.15) is 5.82 Å². The molecule has 1 amide bonds. The molecular formula is C18H10FNO5S2. The molecule has 1 fully saturated rings. The van der Waals surface area contributed by atoms with Crippen molar-refractivity contribution in [3.8, 4) is 0 Å². The molecule has 0 unspecified atom stereocenters. The Morgan fingerprint density at radius 3 is 2.11 bits per heavy atom. The lowest BCUT2D eigenvalue weighted by Crippen LogP contribution is -2.28. The fourth-order valence-corrected chi connectivity index (χ4v) is 3.69. The average Bonchev–Trinajstić information content (AvgIpc) is 2.90. The summed E-state index contributed by atoms with van der Waals surface area (Å²) < 4.78 is 13.1. The Morgan fingerprint density at radius 1 is 1.04 bits per heavy atom. The quantitative estimate of drug-likeness (QED) is 0.595. The second-order valence-corrected chi connectivity index (χ2v) is 7.12. The largest absolute Gasteiger partial charge is 0.478 e. The van der Waals surface area contributed by atoms with E-state index < -0.39 is 23.7 Å². The van der Waals surface area contributed by atoms with Crippen LogP contribution in [0.4, 0.5) is 10.1 Å². The van der Waals surface area contributed by atoms with E-state index in [0.717, 1.165) is 22.7 Å². The molecule has 1 saturated heterocycles. The van der Waals surface area contributed by atoms with E-state index in [9.17, 15) is 29.0 Å². The maximum Gasteiger partial charge on any atom is 0.335 e. The second-order valence-electron chi connectivity index (χ2n) is 5.45. The van der Waals surface area contributed by atoms with Gasteiger partial charge in [0, 0.05) is 0 Å². The van der Waals surface area contributed by atoms with Gasteiger partial charge >= 0.3 is 11.9 Å². The van der Waals surface area contributed by atoms with Crippen LogP contribution in [0.5, 0.6) is 0 Å². The van der Waals surface area contributed by atoms with Crippen molar-refractivity contribution in [1.29, 1.82) is 0 Å². The highest BCUT2D eigenvalue weighted by molar-refractivity contribution is 8.27. The van der Waals surface area contributed by atoms with Gasteiger partial charge in [0.05, 0.1) is 21.7 Å². The minimum absolute atomic E-state index is 0.0531. The SMILES string of the molecule is O=C(O)c1cc(C(=O)O)cc(N2C(=O)/C(=C/c3ccc(F)cc3)SC2=S)c1. The number of carboxylic acid groups (broad SMARTS) is 2. The summed E-state index contributed by atoms with van der Waals surface area (Å²) in [6.45, 7) is 0. The van der Waals surface area contributed by atoms with Gasteiger partial charge < -0.3 is 10.2 Å². The minimum Gasteiger partial charge on any atom is -0.478 e. The standard InChI is InChI=1S/C18H10FNO5S2/c19-12-3-1-9(2-4-12)5-14-15(21)20(18(26)27-14)13-7-10(16(22)23)6-11(8-13)17(24)25/h1-8H,(H,22,23)(H,24,25)/b14-5-. The van der Waals surface area contributed by atoms with Crippen LogP contribution in [0.25, 0.3) is 6.08 Å². The van der Waals surface area contributed by atoms with Crippen LogP contribution in [0, 0.1) is 5.82 Å². The first-order valence-electron chi connectivity index (χ1n) is 7.41. The first-order valence-corrected chi connectivity index (χ1v) is 8.64. The van der Waals surface area contributed by atoms with Crippen LogP contribution in [0.15, 0.2) is 47.4 Å². The maximum absolute atomic E-state index is 13.0. The van der Waals surface area contributed by atoms with E-state index >= 15 is 0 Å². The van der Waals surface area contributed by atoms with Gasteiger partial charge in [0.25, 0.3) is 5.91 Å². The third-order valence-corrected chi connectivity index (χ3v) is 4.93. The van der Waals surface area contributed by atoms with Crippen LogP contribution in [0.2, 0.25) is 0 Å². The van der Waals surface area contributed by atoms with E-state index in [1.165, 1.54) is 42.5 Å². The number of halogens is 1. The molecule has 0 radical (unpaired) electrons. The maximum atomic E-state index is 13.0. The molecule has 6 nitrogen and oxygen atoms in total. The number of amides is 1. The second kappa shape index (κ2) is 7.29. The molecule has 1 aliphatic rings. The molecule has 0 spiro atoms. The molecule has 2 aromatic rings. The van der Waals surface area contributed by atoms with E-state index in [1.807, 2.05) is 0 Å². The lowest BCUT2D eigenvalue weighted by molar-refractivity contribution is -0.113. The van der Waals surface area contributed by atoms with Crippen LogP contribution in [-0.2, 0) is 4.79 Å². The van der Waals surface area contributed by atoms with Crippen molar-refractivity contribution in [2.75, 3.05) is 4.90 Å². The lowest BCUT2D eigenvalue weighted by atomic mass is 10.1. The van der Waals surface area contributed by atoms with Gasteiger partial charge in [-0.05, 0) is 42.0 Å². The molecule has 3 rings (SSSR count). The number of hydrogen-bond donors (Lipinski definition) is 2. The van der Waals surface area contributed by atoms with E-state index in [2.05, 4.69) is 0 Å². The molecule has 0 aliphatic carbocycles. The zero-order valence-electron chi connectivity index (χ0n) is 13.4. The topological polar surface area (TPSA) is 94.9 Å². The molecule has 0 aromatic heterocycles. The Hall–Kier alpha value is -3.04. The van der Waals surface area contributed by atoms with Gasteiger partial charge in [-0.2, -0.15) is 0 Å². The number of aromatic carboxylic acids is 2. The number of carbonyl (C=O) groups excluding carboxylic acids is 1. The third kappa shape index (κ3) is 3.88. The molecular weight excluding hydrogens is 393 g/mol. The Balaban J connectivity index is 2.01. The van der Waals surface area contributed by atoms with E-state index in [-0.39, 0.29) is 26.0 Å². The predicted octanol–water partition coefficient (Wildman–Crippen LogP) is 3.63. The zero-order chi connectivity index (χ0) is 19.7. The van der Waals surface area contributed by atoms with Crippen molar-refractivity contribution in [2.24, 2.45) is 0 Å². The molecule has 2 aromatic carbocycles. The molecule has 1 heterocycles. The molecule has 27 heavy (non-hydrogen) atoms. The first kappa shape index (κ1) is 18.7. The average molecular weight is 403 g/mol. The molecule has 136 valence electrons. The summed E-state index contributed by atoms with van der Waals surface area (Å²) in [4.78, 5) is 36.6. The Bertz CT molecular complexity index is 985. The van der Waals surface area contributed by atoms with Crippen molar-refractivity contribution >= 4 is 57.9 Å². The summed E-state index contributed by atoms with van der Waals surface area (Å²) >= 11 is 6.19. The molecule has 9 heteroatoms. The molecule has 0 atom stereocenters. The highest BCUT2D eigenvalue weighted by atomic mass is 32.2. The van der Waals surface area contributed by atoms with Gasteiger partial charge in [-0.25, -0.2) is 14.0 Å². The number of hydrogen-bond acceptors (Lipinski definition) is 5. The summed E-state index contributed by atoms with van der Waals surface area (Å²) in [5, 5.41) is 18.4.